The second kappa shape index (κ2) is 5.48. The summed E-state index contributed by atoms with van der Waals surface area (Å²) in [6, 6.07) is 7.49. The number of rotatable bonds is 4. The van der Waals surface area contributed by atoms with Crippen LogP contribution in [0.5, 0.6) is 5.75 Å². The second-order valence-electron chi connectivity index (χ2n) is 4.01. The molecule has 0 atom stereocenters. The van der Waals surface area contributed by atoms with Crippen LogP contribution in [0.25, 0.3) is 0 Å². The molecule has 0 amide bonds. The lowest BCUT2D eigenvalue weighted by atomic mass is 10.1. The van der Waals surface area contributed by atoms with Crippen LogP contribution >= 0.6 is 0 Å². The Balaban J connectivity index is 2.17. The van der Waals surface area contributed by atoms with Gasteiger partial charge in [0.15, 0.2) is 11.4 Å². The van der Waals surface area contributed by atoms with Crippen molar-refractivity contribution < 1.29 is 19.0 Å². The van der Waals surface area contributed by atoms with Crippen LogP contribution in [0, 0.1) is 12.7 Å². The van der Waals surface area contributed by atoms with Crippen LogP contribution in [-0.2, 0) is 6.61 Å². The SMILES string of the molecule is Cc1cc(F)ccc1COc1cccnc1C(=O)O. The lowest BCUT2D eigenvalue weighted by Gasteiger charge is -2.10. The summed E-state index contributed by atoms with van der Waals surface area (Å²) >= 11 is 0. The van der Waals surface area contributed by atoms with Crippen LogP contribution in [-0.4, -0.2) is 16.1 Å². The van der Waals surface area contributed by atoms with Gasteiger partial charge in [0.1, 0.15) is 12.4 Å². The highest BCUT2D eigenvalue weighted by Gasteiger charge is 2.12. The van der Waals surface area contributed by atoms with E-state index in [1.807, 2.05) is 0 Å². The molecule has 0 radical (unpaired) electrons. The summed E-state index contributed by atoms with van der Waals surface area (Å²) in [5.41, 5.74) is 1.41. The molecule has 0 aliphatic heterocycles. The molecule has 4 nitrogen and oxygen atoms in total. The van der Waals surface area contributed by atoms with Gasteiger partial charge in [-0.3, -0.25) is 0 Å². The van der Waals surface area contributed by atoms with Crippen LogP contribution in [0.1, 0.15) is 21.6 Å². The number of aromatic nitrogens is 1. The molecule has 0 aliphatic rings. The monoisotopic (exact) mass is 261 g/mol. The summed E-state index contributed by atoms with van der Waals surface area (Å²) in [6.45, 7) is 1.93. The molecule has 5 heteroatoms. The van der Waals surface area contributed by atoms with Crippen LogP contribution < -0.4 is 4.74 Å². The standard InChI is InChI=1S/C14H12FNO3/c1-9-7-11(15)5-4-10(9)8-19-12-3-2-6-16-13(12)14(17)18/h2-7H,8H2,1H3,(H,17,18). The Labute approximate surface area is 109 Å². The van der Waals surface area contributed by atoms with Crippen molar-refractivity contribution in [1.82, 2.24) is 4.98 Å². The third kappa shape index (κ3) is 3.07. The van der Waals surface area contributed by atoms with E-state index >= 15 is 0 Å². The van der Waals surface area contributed by atoms with Gasteiger partial charge in [0, 0.05) is 6.20 Å². The molecule has 0 unspecified atom stereocenters. The van der Waals surface area contributed by atoms with Crippen molar-refractivity contribution >= 4 is 5.97 Å². The molecule has 2 aromatic rings. The molecule has 0 saturated carbocycles. The molecule has 2 rings (SSSR count). The van der Waals surface area contributed by atoms with Gasteiger partial charge in [-0.25, -0.2) is 14.2 Å². The van der Waals surface area contributed by atoms with E-state index in [4.69, 9.17) is 9.84 Å². The van der Waals surface area contributed by atoms with Gasteiger partial charge < -0.3 is 9.84 Å². The quantitative estimate of drug-likeness (QED) is 0.919. The van der Waals surface area contributed by atoms with Crippen LogP contribution in [0.4, 0.5) is 4.39 Å². The van der Waals surface area contributed by atoms with E-state index in [0.717, 1.165) is 11.1 Å². The highest BCUT2D eigenvalue weighted by molar-refractivity contribution is 5.88. The van der Waals surface area contributed by atoms with Gasteiger partial charge in [0.05, 0.1) is 0 Å². The van der Waals surface area contributed by atoms with Crippen molar-refractivity contribution in [2.24, 2.45) is 0 Å². The van der Waals surface area contributed by atoms with Crippen LogP contribution in [0.3, 0.4) is 0 Å². The Kier molecular flexibility index (Phi) is 3.75. The lowest BCUT2D eigenvalue weighted by Crippen LogP contribution is -2.06. The molecular formula is C14H12FNO3. The predicted molar refractivity (Wildman–Crippen MR) is 66.7 cm³/mol. The summed E-state index contributed by atoms with van der Waals surface area (Å²) < 4.78 is 18.4. The summed E-state index contributed by atoms with van der Waals surface area (Å²) in [5.74, 6) is -1.26. The van der Waals surface area contributed by atoms with E-state index in [-0.39, 0.29) is 23.9 Å². The van der Waals surface area contributed by atoms with Crippen LogP contribution in [0.15, 0.2) is 36.5 Å². The third-order valence-corrected chi connectivity index (χ3v) is 2.66. The second-order valence-corrected chi connectivity index (χ2v) is 4.01. The van der Waals surface area contributed by atoms with E-state index < -0.39 is 5.97 Å². The number of hydrogen-bond donors (Lipinski definition) is 1. The molecule has 0 fully saturated rings. The number of carboxylic acid groups (broad SMARTS) is 1. The molecule has 1 heterocycles. The summed E-state index contributed by atoms with van der Waals surface area (Å²) in [5, 5.41) is 8.96. The Bertz CT molecular complexity index is 613. The summed E-state index contributed by atoms with van der Waals surface area (Å²) in [7, 11) is 0. The summed E-state index contributed by atoms with van der Waals surface area (Å²) in [4.78, 5) is 14.7. The number of ether oxygens (including phenoxy) is 1. The van der Waals surface area contributed by atoms with E-state index in [1.165, 1.54) is 24.4 Å². The molecule has 0 aliphatic carbocycles. The fourth-order valence-corrected chi connectivity index (χ4v) is 1.64. The molecule has 1 aromatic carbocycles. The Morgan fingerprint density at radius 2 is 2.21 bits per heavy atom. The molecular weight excluding hydrogens is 249 g/mol. The highest BCUT2D eigenvalue weighted by atomic mass is 19.1. The van der Waals surface area contributed by atoms with Crippen molar-refractivity contribution in [1.29, 1.82) is 0 Å². The number of benzene rings is 1. The number of hydrogen-bond acceptors (Lipinski definition) is 3. The van der Waals surface area contributed by atoms with Gasteiger partial charge in [-0.2, -0.15) is 0 Å². The maximum Gasteiger partial charge on any atom is 0.358 e. The highest BCUT2D eigenvalue weighted by Crippen LogP contribution is 2.18. The van der Waals surface area contributed by atoms with E-state index in [1.54, 1.807) is 19.1 Å². The maximum absolute atomic E-state index is 13.0. The smallest absolute Gasteiger partial charge is 0.358 e. The minimum absolute atomic E-state index is 0.137. The van der Waals surface area contributed by atoms with Gasteiger partial charge >= 0.3 is 5.97 Å². The number of carboxylic acids is 1. The van der Waals surface area contributed by atoms with Crippen LogP contribution in [0.2, 0.25) is 0 Å². The van der Waals surface area contributed by atoms with Crippen molar-refractivity contribution in [3.63, 3.8) is 0 Å². The van der Waals surface area contributed by atoms with Crippen molar-refractivity contribution in [2.75, 3.05) is 0 Å². The zero-order chi connectivity index (χ0) is 13.8. The van der Waals surface area contributed by atoms with Gasteiger partial charge in [0.2, 0.25) is 0 Å². The fraction of sp³-hybridized carbons (Fsp3) is 0.143. The molecule has 98 valence electrons. The molecule has 1 aromatic heterocycles. The Hall–Kier alpha value is -2.43. The maximum atomic E-state index is 13.0. The molecule has 19 heavy (non-hydrogen) atoms. The number of halogens is 1. The van der Waals surface area contributed by atoms with E-state index in [9.17, 15) is 9.18 Å². The number of carbonyl (C=O) groups is 1. The first-order valence-corrected chi connectivity index (χ1v) is 5.64. The number of aromatic carboxylic acids is 1. The van der Waals surface area contributed by atoms with E-state index in [0.29, 0.717) is 0 Å². The third-order valence-electron chi connectivity index (χ3n) is 2.66. The number of pyridine rings is 1. The van der Waals surface area contributed by atoms with Crippen molar-refractivity contribution in [3.8, 4) is 5.75 Å². The normalized spacial score (nSPS) is 10.2. The summed E-state index contributed by atoms with van der Waals surface area (Å²) in [6.07, 6.45) is 1.39. The van der Waals surface area contributed by atoms with Gasteiger partial charge in [0.25, 0.3) is 0 Å². The predicted octanol–water partition coefficient (Wildman–Crippen LogP) is 2.81. The first-order valence-electron chi connectivity index (χ1n) is 5.64. The first-order chi connectivity index (χ1) is 9.08. The Morgan fingerprint density at radius 3 is 2.89 bits per heavy atom. The van der Waals surface area contributed by atoms with Gasteiger partial charge in [-0.15, -0.1) is 0 Å². The molecule has 0 spiro atoms. The zero-order valence-electron chi connectivity index (χ0n) is 10.3. The zero-order valence-corrected chi connectivity index (χ0v) is 10.3. The van der Waals surface area contributed by atoms with E-state index in [2.05, 4.69) is 4.98 Å². The fourth-order valence-electron chi connectivity index (χ4n) is 1.64. The van der Waals surface area contributed by atoms with Crippen molar-refractivity contribution in [3.05, 3.63) is 59.2 Å². The number of nitrogens with zero attached hydrogens (tertiary/aromatic N) is 1. The Morgan fingerprint density at radius 1 is 1.42 bits per heavy atom. The average Bonchev–Trinajstić information content (AvgIpc) is 2.38. The van der Waals surface area contributed by atoms with Gasteiger partial charge in [-0.05, 0) is 42.3 Å². The average molecular weight is 261 g/mol. The molecule has 0 saturated heterocycles. The van der Waals surface area contributed by atoms with Crippen molar-refractivity contribution in [2.45, 2.75) is 13.5 Å². The minimum Gasteiger partial charge on any atom is -0.486 e. The molecule has 0 bridgehead atoms. The topological polar surface area (TPSA) is 59.4 Å². The largest absolute Gasteiger partial charge is 0.486 e. The minimum atomic E-state index is -1.15. The van der Waals surface area contributed by atoms with Gasteiger partial charge in [-0.1, -0.05) is 6.07 Å². The first kappa shape index (κ1) is 13.0. The lowest BCUT2D eigenvalue weighted by molar-refractivity contribution is 0.0685. The number of aryl methyl sites for hydroxylation is 1. The molecule has 1 N–H and O–H groups in total.